The van der Waals surface area contributed by atoms with Gasteiger partial charge in [0.1, 0.15) is 5.75 Å². The Kier molecular flexibility index (Phi) is 5.56. The Labute approximate surface area is 110 Å². The smallest absolute Gasteiger partial charge is 0.128 e. The van der Waals surface area contributed by atoms with Crippen LogP contribution in [0.25, 0.3) is 0 Å². The molecule has 0 amide bonds. The SMILES string of the molecule is COc1c(C)cnc(CC(N)CC(C)OC)c1C. The fourth-order valence-corrected chi connectivity index (χ4v) is 2.13. The van der Waals surface area contributed by atoms with E-state index < -0.39 is 0 Å². The average Bonchev–Trinajstić information content (AvgIpc) is 2.33. The number of nitrogens with two attached hydrogens (primary N) is 1. The molecule has 102 valence electrons. The average molecular weight is 252 g/mol. The molecule has 0 bridgehead atoms. The van der Waals surface area contributed by atoms with Crippen molar-refractivity contribution in [2.75, 3.05) is 14.2 Å². The van der Waals surface area contributed by atoms with Crippen LogP contribution in [0, 0.1) is 13.8 Å². The van der Waals surface area contributed by atoms with Crippen LogP contribution in [0.2, 0.25) is 0 Å². The lowest BCUT2D eigenvalue weighted by Gasteiger charge is -2.18. The van der Waals surface area contributed by atoms with Crippen LogP contribution in [0.5, 0.6) is 5.75 Å². The summed E-state index contributed by atoms with van der Waals surface area (Å²) >= 11 is 0. The summed E-state index contributed by atoms with van der Waals surface area (Å²) in [5.74, 6) is 0.909. The molecule has 2 N–H and O–H groups in total. The molecule has 4 heteroatoms. The number of aryl methyl sites for hydroxylation is 1. The van der Waals surface area contributed by atoms with Crippen LogP contribution in [-0.4, -0.2) is 31.3 Å². The predicted octanol–water partition coefficient (Wildman–Crippen LogP) is 2.00. The molecule has 0 aliphatic carbocycles. The molecule has 0 aliphatic rings. The van der Waals surface area contributed by atoms with E-state index >= 15 is 0 Å². The van der Waals surface area contributed by atoms with E-state index in [2.05, 4.69) is 4.98 Å². The summed E-state index contributed by atoms with van der Waals surface area (Å²) in [7, 11) is 3.39. The number of ether oxygens (including phenoxy) is 2. The standard InChI is InChI=1S/C14H24N2O2/c1-9-8-16-13(11(3)14(9)18-5)7-12(15)6-10(2)17-4/h8,10,12H,6-7,15H2,1-5H3. The van der Waals surface area contributed by atoms with E-state index in [1.54, 1.807) is 14.2 Å². The van der Waals surface area contributed by atoms with E-state index in [4.69, 9.17) is 15.2 Å². The molecule has 0 fully saturated rings. The van der Waals surface area contributed by atoms with Crippen LogP contribution >= 0.6 is 0 Å². The van der Waals surface area contributed by atoms with E-state index in [0.717, 1.165) is 35.4 Å². The van der Waals surface area contributed by atoms with Crippen LogP contribution in [0.4, 0.5) is 0 Å². The van der Waals surface area contributed by atoms with E-state index in [1.165, 1.54) is 0 Å². The predicted molar refractivity (Wildman–Crippen MR) is 73.0 cm³/mol. The first-order valence-corrected chi connectivity index (χ1v) is 6.27. The summed E-state index contributed by atoms with van der Waals surface area (Å²) in [5, 5.41) is 0. The second kappa shape index (κ2) is 6.71. The number of pyridine rings is 1. The van der Waals surface area contributed by atoms with E-state index in [9.17, 15) is 0 Å². The minimum Gasteiger partial charge on any atom is -0.496 e. The van der Waals surface area contributed by atoms with Crippen LogP contribution < -0.4 is 10.5 Å². The van der Waals surface area contributed by atoms with Crippen LogP contribution in [0.15, 0.2) is 6.20 Å². The number of rotatable bonds is 6. The van der Waals surface area contributed by atoms with E-state index in [0.29, 0.717) is 0 Å². The first-order chi connectivity index (χ1) is 8.49. The van der Waals surface area contributed by atoms with Gasteiger partial charge in [0.05, 0.1) is 13.2 Å². The Morgan fingerprint density at radius 2 is 2.00 bits per heavy atom. The molecule has 1 aromatic rings. The molecule has 0 saturated carbocycles. The second-order valence-corrected chi connectivity index (χ2v) is 4.79. The number of aromatic nitrogens is 1. The van der Waals surface area contributed by atoms with Crippen LogP contribution in [0.1, 0.15) is 30.2 Å². The maximum atomic E-state index is 6.12. The highest BCUT2D eigenvalue weighted by Crippen LogP contribution is 2.24. The Morgan fingerprint density at radius 3 is 2.56 bits per heavy atom. The van der Waals surface area contributed by atoms with Gasteiger partial charge in [0.15, 0.2) is 0 Å². The lowest BCUT2D eigenvalue weighted by molar-refractivity contribution is 0.104. The first-order valence-electron chi connectivity index (χ1n) is 6.27. The van der Waals surface area contributed by atoms with Gasteiger partial charge in [-0.2, -0.15) is 0 Å². The van der Waals surface area contributed by atoms with Gasteiger partial charge in [-0.3, -0.25) is 4.98 Å². The van der Waals surface area contributed by atoms with E-state index in [-0.39, 0.29) is 12.1 Å². The van der Waals surface area contributed by atoms with Crippen LogP contribution in [0.3, 0.4) is 0 Å². The molecule has 18 heavy (non-hydrogen) atoms. The van der Waals surface area contributed by atoms with Gasteiger partial charge >= 0.3 is 0 Å². The summed E-state index contributed by atoms with van der Waals surface area (Å²) < 4.78 is 10.6. The van der Waals surface area contributed by atoms with Gasteiger partial charge in [-0.25, -0.2) is 0 Å². The van der Waals surface area contributed by atoms with Crippen LogP contribution in [-0.2, 0) is 11.2 Å². The molecule has 1 aromatic heterocycles. The largest absolute Gasteiger partial charge is 0.496 e. The molecule has 2 atom stereocenters. The molecule has 1 rings (SSSR count). The normalized spacial score (nSPS) is 14.3. The maximum Gasteiger partial charge on any atom is 0.128 e. The number of methoxy groups -OCH3 is 2. The third-order valence-corrected chi connectivity index (χ3v) is 3.24. The number of nitrogens with zero attached hydrogens (tertiary/aromatic N) is 1. The summed E-state index contributed by atoms with van der Waals surface area (Å²) in [5.41, 5.74) is 9.26. The third-order valence-electron chi connectivity index (χ3n) is 3.24. The summed E-state index contributed by atoms with van der Waals surface area (Å²) in [4.78, 5) is 4.46. The molecule has 0 saturated heterocycles. The quantitative estimate of drug-likeness (QED) is 0.841. The third kappa shape index (κ3) is 3.68. The molecular formula is C14H24N2O2. The first kappa shape index (κ1) is 14.9. The van der Waals surface area contributed by atoms with Gasteiger partial charge in [-0.1, -0.05) is 0 Å². The van der Waals surface area contributed by atoms with Crippen molar-refractivity contribution in [1.29, 1.82) is 0 Å². The monoisotopic (exact) mass is 252 g/mol. The van der Waals surface area contributed by atoms with E-state index in [1.807, 2.05) is 27.0 Å². The van der Waals surface area contributed by atoms with Gasteiger partial charge in [-0.15, -0.1) is 0 Å². The Bertz CT molecular complexity index is 394. The van der Waals surface area contributed by atoms with Crippen molar-refractivity contribution in [2.24, 2.45) is 5.73 Å². The number of hydrogen-bond acceptors (Lipinski definition) is 4. The fraction of sp³-hybridized carbons (Fsp3) is 0.643. The Morgan fingerprint density at radius 1 is 1.33 bits per heavy atom. The van der Waals surface area contributed by atoms with Crippen molar-refractivity contribution in [3.63, 3.8) is 0 Å². The number of hydrogen-bond donors (Lipinski definition) is 1. The van der Waals surface area contributed by atoms with Gasteiger partial charge in [-0.05, 0) is 27.2 Å². The molecule has 2 unspecified atom stereocenters. The Balaban J connectivity index is 2.79. The molecule has 0 aromatic carbocycles. The van der Waals surface area contributed by atoms with Crippen molar-refractivity contribution in [1.82, 2.24) is 4.98 Å². The van der Waals surface area contributed by atoms with Crippen molar-refractivity contribution in [3.8, 4) is 5.75 Å². The van der Waals surface area contributed by atoms with Crippen molar-refractivity contribution >= 4 is 0 Å². The highest BCUT2D eigenvalue weighted by Gasteiger charge is 2.14. The molecule has 0 radical (unpaired) electrons. The van der Waals surface area contributed by atoms with Gasteiger partial charge in [0.25, 0.3) is 0 Å². The minimum absolute atomic E-state index is 0.0542. The fourth-order valence-electron chi connectivity index (χ4n) is 2.13. The minimum atomic E-state index is 0.0542. The Hall–Kier alpha value is -1.13. The molecule has 0 spiro atoms. The molecule has 1 heterocycles. The zero-order chi connectivity index (χ0) is 13.7. The zero-order valence-corrected chi connectivity index (χ0v) is 12.0. The molecule has 0 aliphatic heterocycles. The highest BCUT2D eigenvalue weighted by molar-refractivity contribution is 5.41. The van der Waals surface area contributed by atoms with Gasteiger partial charge < -0.3 is 15.2 Å². The topological polar surface area (TPSA) is 57.4 Å². The van der Waals surface area contributed by atoms with Crippen molar-refractivity contribution < 1.29 is 9.47 Å². The van der Waals surface area contributed by atoms with Crippen molar-refractivity contribution in [3.05, 3.63) is 23.0 Å². The zero-order valence-electron chi connectivity index (χ0n) is 12.0. The summed E-state index contributed by atoms with van der Waals surface area (Å²) in [6.07, 6.45) is 3.59. The second-order valence-electron chi connectivity index (χ2n) is 4.79. The molecule has 4 nitrogen and oxygen atoms in total. The van der Waals surface area contributed by atoms with Crippen molar-refractivity contribution in [2.45, 2.75) is 45.8 Å². The lowest BCUT2D eigenvalue weighted by atomic mass is 10.0. The maximum absolute atomic E-state index is 6.12. The molecular weight excluding hydrogens is 228 g/mol. The highest BCUT2D eigenvalue weighted by atomic mass is 16.5. The van der Waals surface area contributed by atoms with Gasteiger partial charge in [0.2, 0.25) is 0 Å². The summed E-state index contributed by atoms with van der Waals surface area (Å²) in [6.45, 7) is 6.05. The lowest BCUT2D eigenvalue weighted by Crippen LogP contribution is -2.28. The van der Waals surface area contributed by atoms with Gasteiger partial charge in [0, 0.05) is 42.6 Å². The summed E-state index contributed by atoms with van der Waals surface area (Å²) in [6, 6.07) is 0.0542.